The van der Waals surface area contributed by atoms with Crippen LogP contribution in [0.3, 0.4) is 0 Å². The van der Waals surface area contributed by atoms with Crippen molar-refractivity contribution < 1.29 is 9.59 Å². The van der Waals surface area contributed by atoms with Crippen LogP contribution in [-0.4, -0.2) is 18.5 Å². The zero-order chi connectivity index (χ0) is 18.2. The normalized spacial score (nSPS) is 11.7. The molecule has 1 unspecified atom stereocenters. The monoisotopic (exact) mass is 339 g/mol. The Kier molecular flexibility index (Phi) is 6.57. The number of rotatable bonds is 6. The summed E-state index contributed by atoms with van der Waals surface area (Å²) in [5.41, 5.74) is 2.28. The number of amides is 3. The Morgan fingerprint density at radius 3 is 2.16 bits per heavy atom. The standard InChI is InChI=1S/C20H25N3O2/c1-4-21-19(24)16-10-12-17(13-11-16)22-20(25)23-18(14(2)3)15-8-6-5-7-9-15/h5-14,18H,4H2,1-3H3,(H,21,24)(H2,22,23,25). The lowest BCUT2D eigenvalue weighted by molar-refractivity contribution is 0.0956. The highest BCUT2D eigenvalue weighted by molar-refractivity contribution is 5.95. The van der Waals surface area contributed by atoms with Gasteiger partial charge in [-0.25, -0.2) is 4.79 Å². The summed E-state index contributed by atoms with van der Waals surface area (Å²) in [6, 6.07) is 16.4. The second kappa shape index (κ2) is 8.87. The highest BCUT2D eigenvalue weighted by Crippen LogP contribution is 2.21. The smallest absolute Gasteiger partial charge is 0.319 e. The molecule has 0 saturated carbocycles. The second-order valence-electron chi connectivity index (χ2n) is 6.17. The molecule has 0 radical (unpaired) electrons. The first-order chi connectivity index (χ1) is 12.0. The van der Waals surface area contributed by atoms with E-state index < -0.39 is 0 Å². The third-order valence-electron chi connectivity index (χ3n) is 3.85. The molecule has 0 bridgehead atoms. The molecule has 5 heteroatoms. The summed E-state index contributed by atoms with van der Waals surface area (Å²) in [6.45, 7) is 6.59. The van der Waals surface area contributed by atoms with E-state index in [1.54, 1.807) is 24.3 Å². The SMILES string of the molecule is CCNC(=O)c1ccc(NC(=O)NC(c2ccccc2)C(C)C)cc1. The lowest BCUT2D eigenvalue weighted by Gasteiger charge is -2.23. The van der Waals surface area contributed by atoms with Crippen molar-refractivity contribution in [3.8, 4) is 0 Å². The summed E-state index contributed by atoms with van der Waals surface area (Å²) in [5, 5.41) is 8.56. The second-order valence-corrected chi connectivity index (χ2v) is 6.17. The van der Waals surface area contributed by atoms with Gasteiger partial charge in [0.1, 0.15) is 0 Å². The van der Waals surface area contributed by atoms with Crippen molar-refractivity contribution in [2.45, 2.75) is 26.8 Å². The zero-order valence-electron chi connectivity index (χ0n) is 14.9. The van der Waals surface area contributed by atoms with Crippen molar-refractivity contribution in [3.05, 3.63) is 65.7 Å². The molecular formula is C20H25N3O2. The van der Waals surface area contributed by atoms with Crippen LogP contribution >= 0.6 is 0 Å². The predicted molar refractivity (Wildman–Crippen MR) is 101 cm³/mol. The van der Waals surface area contributed by atoms with Crippen LogP contribution in [0.25, 0.3) is 0 Å². The van der Waals surface area contributed by atoms with Crippen LogP contribution in [0.4, 0.5) is 10.5 Å². The summed E-state index contributed by atoms with van der Waals surface area (Å²) in [6.07, 6.45) is 0. The molecule has 0 aromatic heterocycles. The largest absolute Gasteiger partial charge is 0.352 e. The van der Waals surface area contributed by atoms with E-state index in [9.17, 15) is 9.59 Å². The number of nitrogens with one attached hydrogen (secondary N) is 3. The Balaban J connectivity index is 2.00. The number of benzene rings is 2. The van der Waals surface area contributed by atoms with E-state index in [-0.39, 0.29) is 23.9 Å². The maximum atomic E-state index is 12.3. The fourth-order valence-corrected chi connectivity index (χ4v) is 2.57. The van der Waals surface area contributed by atoms with Crippen LogP contribution in [0, 0.1) is 5.92 Å². The number of urea groups is 1. The molecule has 5 nitrogen and oxygen atoms in total. The molecule has 25 heavy (non-hydrogen) atoms. The van der Waals surface area contributed by atoms with Crippen molar-refractivity contribution in [1.82, 2.24) is 10.6 Å². The summed E-state index contributed by atoms with van der Waals surface area (Å²) in [7, 11) is 0. The molecule has 3 amide bonds. The Hall–Kier alpha value is -2.82. The third-order valence-corrected chi connectivity index (χ3v) is 3.85. The van der Waals surface area contributed by atoms with Gasteiger partial charge in [0.2, 0.25) is 0 Å². The highest BCUT2D eigenvalue weighted by Gasteiger charge is 2.18. The average Bonchev–Trinajstić information content (AvgIpc) is 2.61. The van der Waals surface area contributed by atoms with Crippen molar-refractivity contribution in [3.63, 3.8) is 0 Å². The molecule has 0 fully saturated rings. The lowest BCUT2D eigenvalue weighted by atomic mass is 9.96. The van der Waals surface area contributed by atoms with Crippen LogP contribution in [0.5, 0.6) is 0 Å². The van der Waals surface area contributed by atoms with E-state index >= 15 is 0 Å². The Morgan fingerprint density at radius 1 is 0.960 bits per heavy atom. The van der Waals surface area contributed by atoms with Crippen LogP contribution in [0.2, 0.25) is 0 Å². The maximum absolute atomic E-state index is 12.3. The summed E-state index contributed by atoms with van der Waals surface area (Å²) < 4.78 is 0. The molecule has 2 aromatic carbocycles. The van der Waals surface area contributed by atoms with Gasteiger partial charge in [0, 0.05) is 17.8 Å². The van der Waals surface area contributed by atoms with E-state index in [1.807, 2.05) is 37.3 Å². The molecule has 0 aliphatic rings. The quantitative estimate of drug-likeness (QED) is 0.745. The van der Waals surface area contributed by atoms with Gasteiger partial charge < -0.3 is 16.0 Å². The van der Waals surface area contributed by atoms with Gasteiger partial charge in [0.15, 0.2) is 0 Å². The first kappa shape index (κ1) is 18.5. The minimum Gasteiger partial charge on any atom is -0.352 e. The van der Waals surface area contributed by atoms with Gasteiger partial charge in [0.05, 0.1) is 6.04 Å². The zero-order valence-corrected chi connectivity index (χ0v) is 14.9. The maximum Gasteiger partial charge on any atom is 0.319 e. The van der Waals surface area contributed by atoms with Crippen molar-refractivity contribution in [1.29, 1.82) is 0 Å². The van der Waals surface area contributed by atoms with E-state index in [0.717, 1.165) is 5.56 Å². The minimum atomic E-state index is -0.270. The van der Waals surface area contributed by atoms with Crippen LogP contribution in [-0.2, 0) is 0 Å². The Labute approximate surface area is 148 Å². The fraction of sp³-hybridized carbons (Fsp3) is 0.300. The molecule has 1 atom stereocenters. The average molecular weight is 339 g/mol. The molecule has 2 rings (SSSR count). The Morgan fingerprint density at radius 2 is 1.60 bits per heavy atom. The number of hydrogen-bond acceptors (Lipinski definition) is 2. The first-order valence-corrected chi connectivity index (χ1v) is 8.52. The van der Waals surface area contributed by atoms with Crippen molar-refractivity contribution in [2.24, 2.45) is 5.92 Å². The molecule has 3 N–H and O–H groups in total. The lowest BCUT2D eigenvalue weighted by Crippen LogP contribution is -2.35. The summed E-state index contributed by atoms with van der Waals surface area (Å²) in [4.78, 5) is 24.1. The van der Waals surface area contributed by atoms with Gasteiger partial charge in [-0.3, -0.25) is 4.79 Å². The molecular weight excluding hydrogens is 314 g/mol. The molecule has 0 spiro atoms. The molecule has 2 aromatic rings. The minimum absolute atomic E-state index is 0.0733. The Bertz CT molecular complexity index is 697. The topological polar surface area (TPSA) is 70.2 Å². The van der Waals surface area contributed by atoms with Crippen molar-refractivity contribution >= 4 is 17.6 Å². The van der Waals surface area contributed by atoms with Crippen molar-refractivity contribution in [2.75, 3.05) is 11.9 Å². The summed E-state index contributed by atoms with van der Waals surface area (Å²) >= 11 is 0. The van der Waals surface area contributed by atoms with E-state index in [2.05, 4.69) is 29.8 Å². The highest BCUT2D eigenvalue weighted by atomic mass is 16.2. The molecule has 0 aliphatic heterocycles. The summed E-state index contributed by atoms with van der Waals surface area (Å²) in [5.74, 6) is 0.135. The molecule has 0 heterocycles. The van der Waals surface area contributed by atoms with Gasteiger partial charge in [-0.1, -0.05) is 44.2 Å². The molecule has 0 aliphatic carbocycles. The van der Waals surface area contributed by atoms with Crippen LogP contribution < -0.4 is 16.0 Å². The van der Waals surface area contributed by atoms with E-state index in [0.29, 0.717) is 17.8 Å². The third kappa shape index (κ3) is 5.35. The molecule has 132 valence electrons. The molecule has 0 saturated heterocycles. The number of carbonyl (C=O) groups excluding carboxylic acids is 2. The van der Waals surface area contributed by atoms with Gasteiger partial charge in [-0.05, 0) is 42.7 Å². The fourth-order valence-electron chi connectivity index (χ4n) is 2.57. The number of carbonyl (C=O) groups is 2. The predicted octanol–water partition coefficient (Wildman–Crippen LogP) is 3.96. The first-order valence-electron chi connectivity index (χ1n) is 8.52. The number of anilines is 1. The van der Waals surface area contributed by atoms with Crippen LogP contribution in [0.15, 0.2) is 54.6 Å². The van der Waals surface area contributed by atoms with E-state index in [1.165, 1.54) is 0 Å². The van der Waals surface area contributed by atoms with Crippen LogP contribution in [0.1, 0.15) is 42.7 Å². The van der Waals surface area contributed by atoms with Gasteiger partial charge in [-0.15, -0.1) is 0 Å². The van der Waals surface area contributed by atoms with Gasteiger partial charge >= 0.3 is 6.03 Å². The van der Waals surface area contributed by atoms with Gasteiger partial charge in [-0.2, -0.15) is 0 Å². The van der Waals surface area contributed by atoms with E-state index in [4.69, 9.17) is 0 Å². The number of hydrogen-bond donors (Lipinski definition) is 3. The van der Waals surface area contributed by atoms with Gasteiger partial charge in [0.25, 0.3) is 5.91 Å².